The highest BCUT2D eigenvalue weighted by molar-refractivity contribution is 6.30. The van der Waals surface area contributed by atoms with Gasteiger partial charge in [0.05, 0.1) is 0 Å². The Labute approximate surface area is 120 Å². The summed E-state index contributed by atoms with van der Waals surface area (Å²) in [5.74, 6) is 0. The Morgan fingerprint density at radius 3 is 2.47 bits per heavy atom. The highest BCUT2D eigenvalue weighted by Gasteiger charge is 2.03. The maximum atomic E-state index is 5.99. The lowest BCUT2D eigenvalue weighted by Gasteiger charge is -2.14. The normalized spacial score (nSPS) is 12.3. The minimum atomic E-state index is 0.460. The molecule has 0 aliphatic heterocycles. The summed E-state index contributed by atoms with van der Waals surface area (Å²) in [5.41, 5.74) is 2.66. The van der Waals surface area contributed by atoms with Crippen LogP contribution in [-0.4, -0.2) is 12.6 Å². The Hall–Kier alpha value is -1.31. The maximum Gasteiger partial charge on any atom is 0.0408 e. The Kier molecular flexibility index (Phi) is 5.44. The molecule has 0 radical (unpaired) electrons. The molecule has 0 saturated heterocycles. The molecule has 1 unspecified atom stereocenters. The third-order valence-corrected chi connectivity index (χ3v) is 3.42. The molecule has 1 atom stereocenters. The molecule has 0 aromatic heterocycles. The van der Waals surface area contributed by atoms with Crippen molar-refractivity contribution >= 4 is 11.6 Å². The quantitative estimate of drug-likeness (QED) is 0.835. The van der Waals surface area contributed by atoms with Crippen LogP contribution in [0.1, 0.15) is 18.1 Å². The van der Waals surface area contributed by atoms with Crippen molar-refractivity contribution in [2.75, 3.05) is 6.54 Å². The lowest BCUT2D eigenvalue weighted by Crippen LogP contribution is -2.29. The minimum Gasteiger partial charge on any atom is -0.314 e. The van der Waals surface area contributed by atoms with Crippen LogP contribution in [0.5, 0.6) is 0 Å². The third kappa shape index (κ3) is 5.06. The second kappa shape index (κ2) is 7.32. The first-order valence-electron chi connectivity index (χ1n) is 6.76. The van der Waals surface area contributed by atoms with E-state index in [-0.39, 0.29) is 0 Å². The topological polar surface area (TPSA) is 12.0 Å². The van der Waals surface area contributed by atoms with Gasteiger partial charge in [-0.3, -0.25) is 0 Å². The van der Waals surface area contributed by atoms with Crippen LogP contribution in [0.4, 0.5) is 0 Å². The van der Waals surface area contributed by atoms with E-state index in [0.29, 0.717) is 6.04 Å². The van der Waals surface area contributed by atoms with E-state index in [1.807, 2.05) is 18.2 Å². The fourth-order valence-electron chi connectivity index (χ4n) is 2.20. The summed E-state index contributed by atoms with van der Waals surface area (Å²) in [7, 11) is 0. The van der Waals surface area contributed by atoms with Crippen LogP contribution in [0.2, 0.25) is 5.02 Å². The highest BCUT2D eigenvalue weighted by atomic mass is 35.5. The summed E-state index contributed by atoms with van der Waals surface area (Å²) in [4.78, 5) is 0. The van der Waals surface area contributed by atoms with Gasteiger partial charge < -0.3 is 5.32 Å². The van der Waals surface area contributed by atoms with E-state index in [2.05, 4.69) is 48.6 Å². The molecule has 2 aromatic carbocycles. The van der Waals surface area contributed by atoms with Gasteiger partial charge in [-0.2, -0.15) is 0 Å². The monoisotopic (exact) mass is 273 g/mol. The van der Waals surface area contributed by atoms with Gasteiger partial charge in [-0.15, -0.1) is 0 Å². The summed E-state index contributed by atoms with van der Waals surface area (Å²) >= 11 is 5.99. The van der Waals surface area contributed by atoms with Crippen LogP contribution in [0.25, 0.3) is 0 Å². The summed E-state index contributed by atoms with van der Waals surface area (Å²) in [5, 5.41) is 4.37. The van der Waals surface area contributed by atoms with Gasteiger partial charge in [0.15, 0.2) is 0 Å². The first-order chi connectivity index (χ1) is 9.24. The van der Waals surface area contributed by atoms with Crippen LogP contribution in [0, 0.1) is 0 Å². The lowest BCUT2D eigenvalue weighted by molar-refractivity contribution is 0.548. The summed E-state index contributed by atoms with van der Waals surface area (Å²) < 4.78 is 0. The number of hydrogen-bond acceptors (Lipinski definition) is 1. The van der Waals surface area contributed by atoms with E-state index in [4.69, 9.17) is 11.6 Å². The Morgan fingerprint density at radius 1 is 1.00 bits per heavy atom. The van der Waals surface area contributed by atoms with Gasteiger partial charge in [-0.1, -0.05) is 54.1 Å². The van der Waals surface area contributed by atoms with Gasteiger partial charge in [-0.05, 0) is 49.6 Å². The molecular weight excluding hydrogens is 254 g/mol. The number of rotatable bonds is 6. The standard InChI is InChI=1S/C17H20ClN/c1-14(12-16-8-5-9-17(18)13-16)19-11-10-15-6-3-2-4-7-15/h2-9,13-14,19H,10-12H2,1H3. The predicted octanol–water partition coefficient (Wildman–Crippen LogP) is 4.10. The van der Waals surface area contributed by atoms with E-state index in [9.17, 15) is 0 Å². The third-order valence-electron chi connectivity index (χ3n) is 3.18. The van der Waals surface area contributed by atoms with Gasteiger partial charge in [0, 0.05) is 11.1 Å². The zero-order chi connectivity index (χ0) is 13.5. The van der Waals surface area contributed by atoms with E-state index in [1.54, 1.807) is 0 Å². The lowest BCUT2D eigenvalue weighted by atomic mass is 10.1. The molecule has 0 bridgehead atoms. The Morgan fingerprint density at radius 2 is 1.74 bits per heavy atom. The smallest absolute Gasteiger partial charge is 0.0408 e. The summed E-state index contributed by atoms with van der Waals surface area (Å²) in [6, 6.07) is 19.1. The van der Waals surface area contributed by atoms with Crippen LogP contribution in [0.3, 0.4) is 0 Å². The molecule has 0 heterocycles. The minimum absolute atomic E-state index is 0.460. The first-order valence-corrected chi connectivity index (χ1v) is 7.13. The fraction of sp³-hybridized carbons (Fsp3) is 0.294. The van der Waals surface area contributed by atoms with E-state index in [1.165, 1.54) is 11.1 Å². The summed E-state index contributed by atoms with van der Waals surface area (Å²) in [6.45, 7) is 3.22. The van der Waals surface area contributed by atoms with Crippen molar-refractivity contribution in [2.24, 2.45) is 0 Å². The van der Waals surface area contributed by atoms with Crippen molar-refractivity contribution in [1.82, 2.24) is 5.32 Å². The molecule has 2 aromatic rings. The van der Waals surface area contributed by atoms with E-state index in [0.717, 1.165) is 24.4 Å². The molecule has 0 aliphatic carbocycles. The van der Waals surface area contributed by atoms with Crippen LogP contribution in [-0.2, 0) is 12.8 Å². The molecule has 19 heavy (non-hydrogen) atoms. The molecular formula is C17H20ClN. The van der Waals surface area contributed by atoms with Gasteiger partial charge in [0.25, 0.3) is 0 Å². The molecule has 0 spiro atoms. The maximum absolute atomic E-state index is 5.99. The van der Waals surface area contributed by atoms with Gasteiger partial charge in [0.2, 0.25) is 0 Å². The number of benzene rings is 2. The predicted molar refractivity (Wildman–Crippen MR) is 82.8 cm³/mol. The van der Waals surface area contributed by atoms with Crippen molar-refractivity contribution in [3.8, 4) is 0 Å². The van der Waals surface area contributed by atoms with E-state index >= 15 is 0 Å². The average Bonchev–Trinajstić information content (AvgIpc) is 2.40. The van der Waals surface area contributed by atoms with Gasteiger partial charge in [0.1, 0.15) is 0 Å². The molecule has 1 N–H and O–H groups in total. The first kappa shape index (κ1) is 14.1. The van der Waals surface area contributed by atoms with Crippen molar-refractivity contribution < 1.29 is 0 Å². The Balaban J connectivity index is 1.74. The summed E-state index contributed by atoms with van der Waals surface area (Å²) in [6.07, 6.45) is 2.08. The van der Waals surface area contributed by atoms with Crippen molar-refractivity contribution in [3.05, 3.63) is 70.7 Å². The van der Waals surface area contributed by atoms with Gasteiger partial charge in [-0.25, -0.2) is 0 Å². The Bertz CT molecular complexity index is 496. The number of nitrogens with one attached hydrogen (secondary N) is 1. The molecule has 0 aliphatic rings. The second-order valence-electron chi connectivity index (χ2n) is 4.92. The molecule has 2 heteroatoms. The molecule has 0 saturated carbocycles. The van der Waals surface area contributed by atoms with Crippen LogP contribution < -0.4 is 5.32 Å². The van der Waals surface area contributed by atoms with Crippen LogP contribution in [0.15, 0.2) is 54.6 Å². The van der Waals surface area contributed by atoms with Crippen molar-refractivity contribution in [2.45, 2.75) is 25.8 Å². The van der Waals surface area contributed by atoms with Crippen molar-refractivity contribution in [1.29, 1.82) is 0 Å². The zero-order valence-corrected chi connectivity index (χ0v) is 12.0. The fourth-order valence-corrected chi connectivity index (χ4v) is 2.41. The molecule has 100 valence electrons. The molecule has 0 fully saturated rings. The zero-order valence-electron chi connectivity index (χ0n) is 11.3. The molecule has 1 nitrogen and oxygen atoms in total. The van der Waals surface area contributed by atoms with E-state index < -0.39 is 0 Å². The number of halogens is 1. The SMILES string of the molecule is CC(Cc1cccc(Cl)c1)NCCc1ccccc1. The van der Waals surface area contributed by atoms with Crippen molar-refractivity contribution in [3.63, 3.8) is 0 Å². The largest absolute Gasteiger partial charge is 0.314 e. The highest BCUT2D eigenvalue weighted by Crippen LogP contribution is 2.12. The average molecular weight is 274 g/mol. The second-order valence-corrected chi connectivity index (χ2v) is 5.36. The van der Waals surface area contributed by atoms with Crippen LogP contribution >= 0.6 is 11.6 Å². The molecule has 2 rings (SSSR count). The molecule has 0 amide bonds. The number of hydrogen-bond donors (Lipinski definition) is 1. The van der Waals surface area contributed by atoms with Gasteiger partial charge >= 0.3 is 0 Å².